The Morgan fingerprint density at radius 1 is 0.893 bits per heavy atom. The predicted octanol–water partition coefficient (Wildman–Crippen LogP) is 5.18. The third-order valence-corrected chi connectivity index (χ3v) is 10.1. The fourth-order valence-electron chi connectivity index (χ4n) is 8.06. The number of aliphatic hydroxyl groups excluding tert-OH is 1. The summed E-state index contributed by atoms with van der Waals surface area (Å²) in [5, 5.41) is 20.9. The molecule has 0 aromatic heterocycles. The van der Waals surface area contributed by atoms with E-state index >= 15 is 0 Å². The Hall–Kier alpha value is -0.120. The lowest BCUT2D eigenvalue weighted by Gasteiger charge is -2.61. The highest BCUT2D eigenvalue weighted by atomic mass is 16.5. The molecule has 4 fully saturated rings. The van der Waals surface area contributed by atoms with Crippen molar-refractivity contribution in [3.8, 4) is 0 Å². The van der Waals surface area contributed by atoms with Crippen molar-refractivity contribution in [1.29, 1.82) is 0 Å². The van der Waals surface area contributed by atoms with Crippen LogP contribution in [0.15, 0.2) is 0 Å². The molecule has 0 aromatic rings. The molecule has 0 radical (unpaired) electrons. The summed E-state index contributed by atoms with van der Waals surface area (Å²) in [6.45, 7) is 11.7. The molecule has 0 saturated heterocycles. The Labute approximate surface area is 172 Å². The summed E-state index contributed by atoms with van der Waals surface area (Å²) >= 11 is 0. The molecule has 0 bridgehead atoms. The number of aliphatic hydroxyl groups is 2. The van der Waals surface area contributed by atoms with Crippen LogP contribution in [0.4, 0.5) is 0 Å². The standard InChI is InChI=1S/C25H44O3/c1-16(2)21(26)15-28-22-9-8-19-18-7-6-17-14-23(3,27)12-13-24(17,4)20(18)10-11-25(19,22)5/h16-22,26-27H,6-15H2,1-5H3/t17?,18?,19?,20?,21?,22?,23-,24?,25?/m0/s1. The molecular formula is C25H44O3. The molecule has 0 spiro atoms. The predicted molar refractivity (Wildman–Crippen MR) is 113 cm³/mol. The van der Waals surface area contributed by atoms with E-state index in [1.165, 1.54) is 44.9 Å². The second-order valence-corrected chi connectivity index (χ2v) is 12.1. The van der Waals surface area contributed by atoms with Gasteiger partial charge in [-0.2, -0.15) is 0 Å². The van der Waals surface area contributed by atoms with Gasteiger partial charge in [0.1, 0.15) is 0 Å². The molecule has 2 N–H and O–H groups in total. The van der Waals surface area contributed by atoms with Gasteiger partial charge in [0.15, 0.2) is 0 Å². The average Bonchev–Trinajstić information content (AvgIpc) is 2.96. The molecule has 4 rings (SSSR count). The van der Waals surface area contributed by atoms with Crippen LogP contribution in [0.5, 0.6) is 0 Å². The molecule has 9 atom stereocenters. The molecule has 0 heterocycles. The highest BCUT2D eigenvalue weighted by molar-refractivity contribution is 5.10. The molecule has 8 unspecified atom stereocenters. The van der Waals surface area contributed by atoms with E-state index in [-0.39, 0.29) is 12.0 Å². The van der Waals surface area contributed by atoms with E-state index in [2.05, 4.69) is 34.6 Å². The highest BCUT2D eigenvalue weighted by Crippen LogP contribution is 2.67. The quantitative estimate of drug-likeness (QED) is 0.693. The van der Waals surface area contributed by atoms with Crippen molar-refractivity contribution in [2.24, 2.45) is 40.4 Å². The van der Waals surface area contributed by atoms with E-state index in [0.717, 1.165) is 30.6 Å². The molecule has 0 aliphatic heterocycles. The minimum atomic E-state index is -0.441. The van der Waals surface area contributed by atoms with Gasteiger partial charge < -0.3 is 14.9 Å². The molecule has 0 amide bonds. The van der Waals surface area contributed by atoms with Gasteiger partial charge in [-0.1, -0.05) is 27.7 Å². The first kappa shape index (κ1) is 21.1. The topological polar surface area (TPSA) is 49.7 Å². The molecule has 162 valence electrons. The van der Waals surface area contributed by atoms with Crippen LogP contribution < -0.4 is 0 Å². The molecule has 4 saturated carbocycles. The van der Waals surface area contributed by atoms with E-state index in [1.54, 1.807) is 0 Å². The zero-order valence-corrected chi connectivity index (χ0v) is 18.9. The maximum atomic E-state index is 10.7. The van der Waals surface area contributed by atoms with Crippen LogP contribution in [0.1, 0.15) is 92.4 Å². The Morgan fingerprint density at radius 2 is 1.61 bits per heavy atom. The summed E-state index contributed by atoms with van der Waals surface area (Å²) in [6, 6.07) is 0. The van der Waals surface area contributed by atoms with Crippen molar-refractivity contribution in [3.63, 3.8) is 0 Å². The minimum Gasteiger partial charge on any atom is -0.390 e. The van der Waals surface area contributed by atoms with Gasteiger partial charge in [0.05, 0.1) is 24.4 Å². The van der Waals surface area contributed by atoms with Crippen LogP contribution in [-0.2, 0) is 4.74 Å². The zero-order valence-electron chi connectivity index (χ0n) is 18.9. The number of hydrogen-bond acceptors (Lipinski definition) is 3. The van der Waals surface area contributed by atoms with Crippen molar-refractivity contribution in [2.75, 3.05) is 6.61 Å². The Bertz CT molecular complexity index is 572. The van der Waals surface area contributed by atoms with Crippen molar-refractivity contribution in [3.05, 3.63) is 0 Å². The maximum absolute atomic E-state index is 10.7. The van der Waals surface area contributed by atoms with E-state index < -0.39 is 5.60 Å². The van der Waals surface area contributed by atoms with Crippen LogP contribution in [0, 0.1) is 40.4 Å². The van der Waals surface area contributed by atoms with Crippen LogP contribution in [0.2, 0.25) is 0 Å². The normalized spacial score (nSPS) is 52.1. The van der Waals surface area contributed by atoms with E-state index in [0.29, 0.717) is 29.5 Å². The second kappa shape index (κ2) is 7.24. The summed E-state index contributed by atoms with van der Waals surface area (Å²) in [5.41, 5.74) is 0.282. The van der Waals surface area contributed by atoms with Crippen LogP contribution in [0.3, 0.4) is 0 Å². The first-order valence-corrected chi connectivity index (χ1v) is 12.1. The first-order valence-electron chi connectivity index (χ1n) is 12.1. The smallest absolute Gasteiger partial charge is 0.0796 e. The lowest BCUT2D eigenvalue weighted by Crippen LogP contribution is -2.56. The average molecular weight is 393 g/mol. The summed E-state index contributed by atoms with van der Waals surface area (Å²) in [4.78, 5) is 0. The lowest BCUT2D eigenvalue weighted by atomic mass is 9.44. The lowest BCUT2D eigenvalue weighted by molar-refractivity contribution is -0.158. The SMILES string of the molecule is CC(C)C(O)COC1CCC2C3CCC4C[C@@](C)(O)CCC4(C)C3CCC12C. The van der Waals surface area contributed by atoms with E-state index in [9.17, 15) is 10.2 Å². The molecular weight excluding hydrogens is 348 g/mol. The molecule has 4 aliphatic carbocycles. The summed E-state index contributed by atoms with van der Waals surface area (Å²) in [7, 11) is 0. The molecule has 0 aromatic carbocycles. The Balaban J connectivity index is 1.48. The van der Waals surface area contributed by atoms with Gasteiger partial charge in [0, 0.05) is 0 Å². The number of hydrogen-bond donors (Lipinski definition) is 2. The largest absolute Gasteiger partial charge is 0.390 e. The van der Waals surface area contributed by atoms with Crippen molar-refractivity contribution < 1.29 is 14.9 Å². The van der Waals surface area contributed by atoms with Crippen LogP contribution >= 0.6 is 0 Å². The van der Waals surface area contributed by atoms with E-state index in [4.69, 9.17) is 4.74 Å². The second-order valence-electron chi connectivity index (χ2n) is 12.1. The monoisotopic (exact) mass is 392 g/mol. The highest BCUT2D eigenvalue weighted by Gasteiger charge is 2.61. The third kappa shape index (κ3) is 3.38. The Kier molecular flexibility index (Phi) is 5.46. The maximum Gasteiger partial charge on any atom is 0.0796 e. The molecule has 3 nitrogen and oxygen atoms in total. The van der Waals surface area contributed by atoms with Crippen molar-refractivity contribution >= 4 is 0 Å². The van der Waals surface area contributed by atoms with Crippen molar-refractivity contribution in [2.45, 2.75) is 110 Å². The minimum absolute atomic E-state index is 0.263. The van der Waals surface area contributed by atoms with Gasteiger partial charge >= 0.3 is 0 Å². The number of fused-ring (bicyclic) bond motifs is 5. The summed E-state index contributed by atoms with van der Waals surface area (Å²) in [5.74, 6) is 3.43. The van der Waals surface area contributed by atoms with Crippen molar-refractivity contribution in [1.82, 2.24) is 0 Å². The zero-order chi connectivity index (χ0) is 20.3. The summed E-state index contributed by atoms with van der Waals surface area (Å²) in [6.07, 6.45) is 10.9. The van der Waals surface area contributed by atoms with E-state index in [1.807, 2.05) is 0 Å². The van der Waals surface area contributed by atoms with Gasteiger partial charge in [0.25, 0.3) is 0 Å². The van der Waals surface area contributed by atoms with Crippen LogP contribution in [-0.4, -0.2) is 34.6 Å². The third-order valence-electron chi connectivity index (χ3n) is 10.1. The van der Waals surface area contributed by atoms with Crippen LogP contribution in [0.25, 0.3) is 0 Å². The summed E-state index contributed by atoms with van der Waals surface area (Å²) < 4.78 is 6.35. The number of ether oxygens (including phenoxy) is 1. The fraction of sp³-hybridized carbons (Fsp3) is 1.00. The molecule has 28 heavy (non-hydrogen) atoms. The van der Waals surface area contributed by atoms with Gasteiger partial charge in [-0.3, -0.25) is 0 Å². The fourth-order valence-corrected chi connectivity index (χ4v) is 8.06. The molecule has 3 heteroatoms. The Morgan fingerprint density at radius 3 is 2.32 bits per heavy atom. The van der Waals surface area contributed by atoms with Gasteiger partial charge in [-0.15, -0.1) is 0 Å². The van der Waals surface area contributed by atoms with Gasteiger partial charge in [-0.05, 0) is 105 Å². The van der Waals surface area contributed by atoms with Gasteiger partial charge in [0.2, 0.25) is 0 Å². The molecule has 4 aliphatic rings. The first-order chi connectivity index (χ1) is 13.1. The number of rotatable bonds is 4. The van der Waals surface area contributed by atoms with Gasteiger partial charge in [-0.25, -0.2) is 0 Å².